The Morgan fingerprint density at radius 1 is 0.417 bits per heavy atom. The summed E-state index contributed by atoms with van der Waals surface area (Å²) in [4.78, 5) is 25.0. The fourth-order valence-corrected chi connectivity index (χ4v) is 6.16. The number of unbranched alkanes of at least 4 members (excludes halogenated alkanes) is 25. The van der Waals surface area contributed by atoms with Gasteiger partial charge in [0.1, 0.15) is 12.7 Å². The smallest absolute Gasteiger partial charge is 0.306 e. The molecule has 0 aromatic rings. The molecule has 0 fully saturated rings. The highest BCUT2D eigenvalue weighted by Gasteiger charge is 2.17. The molecule has 0 heterocycles. The molecule has 0 saturated heterocycles. The number of esters is 2. The van der Waals surface area contributed by atoms with Gasteiger partial charge in [-0.3, -0.25) is 9.59 Å². The van der Waals surface area contributed by atoms with Gasteiger partial charge < -0.3 is 9.47 Å². The van der Waals surface area contributed by atoms with Crippen molar-refractivity contribution in [2.24, 2.45) is 0 Å². The van der Waals surface area contributed by atoms with Crippen molar-refractivity contribution in [3.05, 3.63) is 24.3 Å². The summed E-state index contributed by atoms with van der Waals surface area (Å²) in [5.41, 5.74) is 0. The summed E-state index contributed by atoms with van der Waals surface area (Å²) in [6, 6.07) is 0. The van der Waals surface area contributed by atoms with Gasteiger partial charge in [0.2, 0.25) is 0 Å². The summed E-state index contributed by atoms with van der Waals surface area (Å²) in [5, 5.41) is 0. The third kappa shape index (κ3) is 37.2. The Balaban J connectivity index is 3.92. The van der Waals surface area contributed by atoms with Crippen molar-refractivity contribution in [3.8, 4) is 0 Å². The lowest BCUT2D eigenvalue weighted by molar-refractivity contribution is -0.159. The van der Waals surface area contributed by atoms with Crippen LogP contribution in [-0.2, 0) is 19.1 Å². The fraction of sp³-hybridized carbons (Fsp3) is 0.864. The fourth-order valence-electron chi connectivity index (χ4n) is 6.16. The van der Waals surface area contributed by atoms with Crippen LogP contribution in [0.1, 0.15) is 233 Å². The number of hydrogen-bond acceptors (Lipinski definition) is 4. The van der Waals surface area contributed by atoms with E-state index in [0.29, 0.717) is 12.8 Å². The van der Waals surface area contributed by atoms with E-state index >= 15 is 0 Å². The molecule has 0 amide bonds. The van der Waals surface area contributed by atoms with Crippen molar-refractivity contribution in [2.75, 3.05) is 6.61 Å². The minimum Gasteiger partial charge on any atom is -0.462 e. The van der Waals surface area contributed by atoms with Crippen LogP contribution in [0, 0.1) is 0 Å². The third-order valence-electron chi connectivity index (χ3n) is 9.39. The van der Waals surface area contributed by atoms with Gasteiger partial charge in [0.05, 0.1) is 0 Å². The maximum Gasteiger partial charge on any atom is 0.306 e. The van der Waals surface area contributed by atoms with Gasteiger partial charge in [0.25, 0.3) is 0 Å². The summed E-state index contributed by atoms with van der Waals surface area (Å²) < 4.78 is 11.4. The van der Waals surface area contributed by atoms with Crippen molar-refractivity contribution >= 4 is 11.9 Å². The highest BCUT2D eigenvalue weighted by Crippen LogP contribution is 2.15. The first-order valence-corrected chi connectivity index (χ1v) is 21.3. The van der Waals surface area contributed by atoms with Gasteiger partial charge in [-0.25, -0.2) is 0 Å². The Hall–Kier alpha value is -1.58. The molecule has 1 atom stereocenters. The molecule has 0 aromatic heterocycles. The zero-order valence-electron chi connectivity index (χ0n) is 32.6. The first-order valence-electron chi connectivity index (χ1n) is 21.3. The van der Waals surface area contributed by atoms with Crippen LogP contribution in [0.25, 0.3) is 0 Å². The molecule has 0 aliphatic heterocycles. The summed E-state index contributed by atoms with van der Waals surface area (Å²) in [6.07, 6.45) is 47.7. The van der Waals surface area contributed by atoms with E-state index in [1.165, 1.54) is 154 Å². The van der Waals surface area contributed by atoms with Crippen LogP contribution < -0.4 is 0 Å². The summed E-state index contributed by atoms with van der Waals surface area (Å²) >= 11 is 0. The van der Waals surface area contributed by atoms with Crippen LogP contribution in [0.4, 0.5) is 0 Å². The van der Waals surface area contributed by atoms with Crippen molar-refractivity contribution < 1.29 is 19.1 Å². The lowest BCUT2D eigenvalue weighted by Crippen LogP contribution is -2.25. The highest BCUT2D eigenvalue weighted by molar-refractivity contribution is 5.70. The van der Waals surface area contributed by atoms with Crippen molar-refractivity contribution in [3.63, 3.8) is 0 Å². The average Bonchev–Trinajstić information content (AvgIpc) is 3.08. The van der Waals surface area contributed by atoms with Gasteiger partial charge in [0, 0.05) is 12.8 Å². The quantitative estimate of drug-likeness (QED) is 0.0371. The molecule has 0 saturated carbocycles. The largest absolute Gasteiger partial charge is 0.462 e. The van der Waals surface area contributed by atoms with E-state index in [4.69, 9.17) is 9.47 Å². The number of carbonyl (C=O) groups excluding carboxylic acids is 2. The lowest BCUT2D eigenvalue weighted by Gasteiger charge is -2.18. The molecule has 0 radical (unpaired) electrons. The van der Waals surface area contributed by atoms with Gasteiger partial charge in [-0.2, -0.15) is 0 Å². The molecule has 48 heavy (non-hydrogen) atoms. The van der Waals surface area contributed by atoms with E-state index in [9.17, 15) is 9.59 Å². The summed E-state index contributed by atoms with van der Waals surface area (Å²) in [6.45, 7) is 6.94. The Morgan fingerprint density at radius 3 is 1.17 bits per heavy atom. The number of carbonyl (C=O) groups is 2. The zero-order valence-corrected chi connectivity index (χ0v) is 32.6. The molecule has 0 spiro atoms. The van der Waals surface area contributed by atoms with Crippen LogP contribution in [0.5, 0.6) is 0 Å². The molecular formula is C44H82O4. The van der Waals surface area contributed by atoms with Crippen molar-refractivity contribution in [1.82, 2.24) is 0 Å². The molecule has 0 bridgehead atoms. The standard InChI is InChI=1S/C44H82O4/c1-4-7-10-13-15-17-19-21-23-25-27-29-31-33-36-39-43(45)47-41-42(38-35-12-9-6-3)48-44(46)40-37-34-32-30-28-26-24-22-20-18-16-14-11-8-5-2/h21-24,42H,4-20,25-41H2,1-3H3. The van der Waals surface area contributed by atoms with Crippen LogP contribution in [0.3, 0.4) is 0 Å². The SMILES string of the molecule is CCCCCCCCC=CCCCCCCCC(=O)OCC(CCCCCC)OC(=O)CCCCCCCC=CCCCCCCCC. The minimum absolute atomic E-state index is 0.138. The molecule has 0 aliphatic carbocycles. The molecule has 282 valence electrons. The molecule has 0 rings (SSSR count). The topological polar surface area (TPSA) is 52.6 Å². The second-order valence-corrected chi connectivity index (χ2v) is 14.3. The highest BCUT2D eigenvalue weighted by atomic mass is 16.6. The summed E-state index contributed by atoms with van der Waals surface area (Å²) in [5.74, 6) is -0.291. The number of ether oxygens (including phenoxy) is 2. The second-order valence-electron chi connectivity index (χ2n) is 14.3. The predicted octanol–water partition coefficient (Wildman–Crippen LogP) is 14.5. The van der Waals surface area contributed by atoms with Gasteiger partial charge in [-0.1, -0.05) is 167 Å². The Bertz CT molecular complexity index is 727. The van der Waals surface area contributed by atoms with E-state index in [1.807, 2.05) is 0 Å². The van der Waals surface area contributed by atoms with E-state index < -0.39 is 0 Å². The molecule has 0 N–H and O–H groups in total. The number of rotatable bonds is 38. The number of hydrogen-bond donors (Lipinski definition) is 0. The van der Waals surface area contributed by atoms with Gasteiger partial charge >= 0.3 is 11.9 Å². The Morgan fingerprint density at radius 2 is 0.750 bits per heavy atom. The third-order valence-corrected chi connectivity index (χ3v) is 9.39. The second kappa shape index (κ2) is 39.9. The van der Waals surface area contributed by atoms with Crippen LogP contribution in [-0.4, -0.2) is 24.6 Å². The maximum absolute atomic E-state index is 12.6. The van der Waals surface area contributed by atoms with Crippen LogP contribution >= 0.6 is 0 Å². The predicted molar refractivity (Wildman–Crippen MR) is 209 cm³/mol. The van der Waals surface area contributed by atoms with Crippen molar-refractivity contribution in [1.29, 1.82) is 0 Å². The first-order chi connectivity index (χ1) is 23.6. The Kier molecular flexibility index (Phi) is 38.5. The van der Waals surface area contributed by atoms with E-state index in [2.05, 4.69) is 45.1 Å². The Labute approximate surface area is 300 Å². The first kappa shape index (κ1) is 46.4. The molecule has 4 heteroatoms. The summed E-state index contributed by atoms with van der Waals surface area (Å²) in [7, 11) is 0. The maximum atomic E-state index is 12.6. The van der Waals surface area contributed by atoms with E-state index in [0.717, 1.165) is 44.9 Å². The van der Waals surface area contributed by atoms with Crippen molar-refractivity contribution in [2.45, 2.75) is 239 Å². The van der Waals surface area contributed by atoms with E-state index in [1.54, 1.807) is 0 Å². The number of allylic oxidation sites excluding steroid dienone is 4. The molecular weight excluding hydrogens is 592 g/mol. The van der Waals surface area contributed by atoms with Crippen LogP contribution in [0.2, 0.25) is 0 Å². The normalized spacial score (nSPS) is 12.3. The molecule has 4 nitrogen and oxygen atoms in total. The van der Waals surface area contributed by atoms with E-state index in [-0.39, 0.29) is 24.6 Å². The zero-order chi connectivity index (χ0) is 35.0. The molecule has 1 unspecified atom stereocenters. The minimum atomic E-state index is -0.310. The van der Waals surface area contributed by atoms with Gasteiger partial charge in [0.15, 0.2) is 0 Å². The molecule has 0 aromatic carbocycles. The average molecular weight is 675 g/mol. The van der Waals surface area contributed by atoms with Gasteiger partial charge in [-0.15, -0.1) is 0 Å². The van der Waals surface area contributed by atoms with Gasteiger partial charge in [-0.05, 0) is 77.0 Å². The lowest BCUT2D eigenvalue weighted by atomic mass is 10.1. The molecule has 0 aliphatic rings. The van der Waals surface area contributed by atoms with Crippen LogP contribution in [0.15, 0.2) is 24.3 Å². The monoisotopic (exact) mass is 675 g/mol.